The van der Waals surface area contributed by atoms with E-state index in [0.29, 0.717) is 0 Å². The van der Waals surface area contributed by atoms with Gasteiger partial charge in [0.05, 0.1) is 17.3 Å². The molecule has 2 aromatic heterocycles. The van der Waals surface area contributed by atoms with E-state index in [2.05, 4.69) is 55.6 Å². The number of fused-ring (bicyclic) bond motifs is 1. The highest BCUT2D eigenvalue weighted by Gasteiger charge is 2.16. The zero-order valence-corrected chi connectivity index (χ0v) is 12.8. The van der Waals surface area contributed by atoms with Gasteiger partial charge < -0.3 is 5.32 Å². The first-order valence-electron chi connectivity index (χ1n) is 6.79. The Morgan fingerprint density at radius 1 is 1.10 bits per heavy atom. The van der Waals surface area contributed by atoms with Crippen LogP contribution in [0.5, 0.6) is 0 Å². The maximum atomic E-state index is 4.84. The number of hydrogen-bond donors (Lipinski definition) is 1. The van der Waals surface area contributed by atoms with Crippen LogP contribution < -0.4 is 5.32 Å². The van der Waals surface area contributed by atoms with E-state index >= 15 is 0 Å². The number of hydrogen-bond acceptors (Lipinski definition) is 3. The van der Waals surface area contributed by atoms with Gasteiger partial charge >= 0.3 is 0 Å². The Kier molecular flexibility index (Phi) is 3.55. The first-order chi connectivity index (χ1) is 9.69. The molecule has 3 rings (SSSR count). The summed E-state index contributed by atoms with van der Waals surface area (Å²) in [6, 6.07) is 15.0. The highest BCUT2D eigenvalue weighted by atomic mass is 32.1. The summed E-state index contributed by atoms with van der Waals surface area (Å²) in [6.07, 6.45) is 0. The molecule has 0 saturated heterocycles. The Labute approximate surface area is 123 Å². The number of nitrogens with one attached hydrogen (secondary N) is 1. The fourth-order valence-electron chi connectivity index (χ4n) is 2.57. The molecular formula is C17H18N2S. The number of nitrogens with zero attached hydrogens (tertiary/aromatic N) is 1. The molecule has 0 aliphatic carbocycles. The summed E-state index contributed by atoms with van der Waals surface area (Å²) in [5, 5.41) is 4.62. The zero-order chi connectivity index (χ0) is 14.1. The van der Waals surface area contributed by atoms with Crippen LogP contribution in [-0.2, 0) is 0 Å². The summed E-state index contributed by atoms with van der Waals surface area (Å²) >= 11 is 1.82. The molecule has 0 fully saturated rings. The molecule has 20 heavy (non-hydrogen) atoms. The van der Waals surface area contributed by atoms with Crippen LogP contribution in [0.1, 0.15) is 27.1 Å². The lowest BCUT2D eigenvalue weighted by atomic mass is 10.1. The number of aromatic nitrogens is 1. The third kappa shape index (κ3) is 2.35. The fourth-order valence-corrected chi connectivity index (χ4v) is 3.57. The van der Waals surface area contributed by atoms with Gasteiger partial charge in [0, 0.05) is 15.1 Å². The molecule has 2 heterocycles. The zero-order valence-electron chi connectivity index (χ0n) is 12.0. The molecule has 102 valence electrons. The first-order valence-corrected chi connectivity index (χ1v) is 7.60. The SMILES string of the molecule is CNC(c1cc(C)c2ccccc2n1)c1ccc(C)s1. The van der Waals surface area contributed by atoms with Crippen molar-refractivity contribution < 1.29 is 0 Å². The van der Waals surface area contributed by atoms with Gasteiger partial charge in [0.15, 0.2) is 0 Å². The van der Waals surface area contributed by atoms with Gasteiger partial charge in [-0.15, -0.1) is 11.3 Å². The van der Waals surface area contributed by atoms with E-state index in [1.54, 1.807) is 0 Å². The fraction of sp³-hybridized carbons (Fsp3) is 0.235. The topological polar surface area (TPSA) is 24.9 Å². The molecule has 0 saturated carbocycles. The van der Waals surface area contributed by atoms with Gasteiger partial charge in [-0.05, 0) is 50.7 Å². The van der Waals surface area contributed by atoms with Crippen LogP contribution in [0.4, 0.5) is 0 Å². The van der Waals surface area contributed by atoms with Gasteiger partial charge in [-0.2, -0.15) is 0 Å². The van der Waals surface area contributed by atoms with Crippen LogP contribution in [0.25, 0.3) is 10.9 Å². The predicted octanol–water partition coefficient (Wildman–Crippen LogP) is 4.22. The molecule has 1 N–H and O–H groups in total. The number of rotatable bonds is 3. The van der Waals surface area contributed by atoms with Crippen molar-refractivity contribution >= 4 is 22.2 Å². The van der Waals surface area contributed by atoms with E-state index in [1.807, 2.05) is 24.5 Å². The summed E-state index contributed by atoms with van der Waals surface area (Å²) in [6.45, 7) is 4.29. The van der Waals surface area contributed by atoms with Gasteiger partial charge in [0.1, 0.15) is 0 Å². The molecule has 0 bridgehead atoms. The summed E-state index contributed by atoms with van der Waals surface area (Å²) in [5.41, 5.74) is 3.43. The molecule has 1 aromatic carbocycles. The minimum Gasteiger partial charge on any atom is -0.307 e. The molecule has 0 aliphatic rings. The third-order valence-electron chi connectivity index (χ3n) is 3.57. The van der Waals surface area contributed by atoms with E-state index < -0.39 is 0 Å². The third-order valence-corrected chi connectivity index (χ3v) is 4.64. The molecule has 0 aliphatic heterocycles. The van der Waals surface area contributed by atoms with Crippen LogP contribution in [-0.4, -0.2) is 12.0 Å². The minimum atomic E-state index is 0.164. The number of aryl methyl sites for hydroxylation is 2. The molecule has 0 amide bonds. The number of pyridine rings is 1. The Morgan fingerprint density at radius 3 is 2.60 bits per heavy atom. The molecule has 3 heteroatoms. The van der Waals surface area contributed by atoms with Crippen molar-refractivity contribution in [2.75, 3.05) is 7.05 Å². The highest BCUT2D eigenvalue weighted by molar-refractivity contribution is 7.12. The maximum Gasteiger partial charge on any atom is 0.0843 e. The number of thiophene rings is 1. The molecule has 3 aromatic rings. The standard InChI is InChI=1S/C17H18N2S/c1-11-10-15(19-14-7-5-4-6-13(11)14)17(18-3)16-9-8-12(2)20-16/h4-10,17-18H,1-3H3. The van der Waals surface area contributed by atoms with E-state index in [0.717, 1.165) is 11.2 Å². The summed E-state index contributed by atoms with van der Waals surface area (Å²) in [7, 11) is 1.99. The van der Waals surface area contributed by atoms with Crippen LogP contribution in [0.2, 0.25) is 0 Å². The van der Waals surface area contributed by atoms with E-state index in [9.17, 15) is 0 Å². The lowest BCUT2D eigenvalue weighted by Gasteiger charge is -2.16. The van der Waals surface area contributed by atoms with E-state index in [4.69, 9.17) is 4.98 Å². The van der Waals surface area contributed by atoms with E-state index in [1.165, 1.54) is 20.7 Å². The van der Waals surface area contributed by atoms with Crippen molar-refractivity contribution in [3.05, 3.63) is 63.5 Å². The smallest absolute Gasteiger partial charge is 0.0843 e. The van der Waals surface area contributed by atoms with Crippen molar-refractivity contribution in [1.29, 1.82) is 0 Å². The van der Waals surface area contributed by atoms with Crippen LogP contribution in [0.15, 0.2) is 42.5 Å². The molecular weight excluding hydrogens is 264 g/mol. The molecule has 0 radical (unpaired) electrons. The summed E-state index contributed by atoms with van der Waals surface area (Å²) in [5.74, 6) is 0. The second-order valence-corrected chi connectivity index (χ2v) is 6.37. The summed E-state index contributed by atoms with van der Waals surface area (Å²) in [4.78, 5) is 7.48. The average molecular weight is 282 g/mol. The average Bonchev–Trinajstić information content (AvgIpc) is 2.86. The Hall–Kier alpha value is -1.71. The quantitative estimate of drug-likeness (QED) is 0.778. The van der Waals surface area contributed by atoms with Gasteiger partial charge in [0.2, 0.25) is 0 Å². The van der Waals surface area contributed by atoms with Gasteiger partial charge in [0.25, 0.3) is 0 Å². The Morgan fingerprint density at radius 2 is 1.90 bits per heavy atom. The molecule has 0 spiro atoms. The Balaban J connectivity index is 2.12. The normalized spacial score (nSPS) is 12.8. The lowest BCUT2D eigenvalue weighted by molar-refractivity contribution is 0.685. The van der Waals surface area contributed by atoms with Gasteiger partial charge in [-0.1, -0.05) is 18.2 Å². The van der Waals surface area contributed by atoms with Crippen molar-refractivity contribution in [3.63, 3.8) is 0 Å². The van der Waals surface area contributed by atoms with Crippen LogP contribution in [0.3, 0.4) is 0 Å². The second kappa shape index (κ2) is 5.35. The van der Waals surface area contributed by atoms with Gasteiger partial charge in [-0.3, -0.25) is 4.98 Å². The second-order valence-electron chi connectivity index (χ2n) is 5.05. The van der Waals surface area contributed by atoms with Crippen LogP contribution in [0, 0.1) is 13.8 Å². The van der Waals surface area contributed by atoms with Crippen LogP contribution >= 0.6 is 11.3 Å². The Bertz CT molecular complexity index is 746. The van der Waals surface area contributed by atoms with E-state index in [-0.39, 0.29) is 6.04 Å². The highest BCUT2D eigenvalue weighted by Crippen LogP contribution is 2.29. The minimum absolute atomic E-state index is 0.164. The van der Waals surface area contributed by atoms with Crippen molar-refractivity contribution in [2.45, 2.75) is 19.9 Å². The maximum absolute atomic E-state index is 4.84. The number of benzene rings is 1. The monoisotopic (exact) mass is 282 g/mol. The number of para-hydroxylation sites is 1. The molecule has 1 atom stereocenters. The lowest BCUT2D eigenvalue weighted by Crippen LogP contribution is -2.18. The summed E-state index contributed by atoms with van der Waals surface area (Å²) < 4.78 is 0. The molecule has 1 unspecified atom stereocenters. The van der Waals surface area contributed by atoms with Crippen molar-refractivity contribution in [3.8, 4) is 0 Å². The molecule has 2 nitrogen and oxygen atoms in total. The largest absolute Gasteiger partial charge is 0.307 e. The van der Waals surface area contributed by atoms with Crippen molar-refractivity contribution in [2.24, 2.45) is 0 Å². The van der Waals surface area contributed by atoms with Gasteiger partial charge in [-0.25, -0.2) is 0 Å². The van der Waals surface area contributed by atoms with Crippen molar-refractivity contribution in [1.82, 2.24) is 10.3 Å². The predicted molar refractivity (Wildman–Crippen MR) is 86.4 cm³/mol. The first kappa shape index (κ1) is 13.3.